The van der Waals surface area contributed by atoms with Gasteiger partial charge in [-0.1, -0.05) is 11.6 Å². The number of ether oxygens (including phenoxy) is 1. The number of hydrogen-bond donors (Lipinski definition) is 1. The smallest absolute Gasteiger partial charge is 0.263 e. The molecule has 0 fully saturated rings. The lowest BCUT2D eigenvalue weighted by Crippen LogP contribution is -2.13. The number of benzene rings is 2. The predicted molar refractivity (Wildman–Crippen MR) is 118 cm³/mol. The Kier molecular flexibility index (Phi) is 5.65. The molecule has 0 aliphatic rings. The first-order valence-corrected chi connectivity index (χ1v) is 11.5. The third kappa shape index (κ3) is 4.39. The van der Waals surface area contributed by atoms with Gasteiger partial charge in [-0.3, -0.25) is 9.40 Å². The third-order valence-electron chi connectivity index (χ3n) is 4.30. The van der Waals surface area contributed by atoms with Gasteiger partial charge in [-0.15, -0.1) is 11.3 Å². The molecule has 0 radical (unpaired) electrons. The molecule has 2 aromatic heterocycles. The van der Waals surface area contributed by atoms with Gasteiger partial charge in [0.2, 0.25) is 0 Å². The van der Waals surface area contributed by atoms with Gasteiger partial charge in [0.25, 0.3) is 10.0 Å². The molecular weight excluding hydrogens is 458 g/mol. The normalized spacial score (nSPS) is 11.1. The van der Waals surface area contributed by atoms with Crippen molar-refractivity contribution < 1.29 is 13.2 Å². The molecule has 0 saturated heterocycles. The maximum atomic E-state index is 12.6. The fourth-order valence-corrected chi connectivity index (χ4v) is 4.86. The van der Waals surface area contributed by atoms with Crippen LogP contribution in [-0.2, 0) is 17.1 Å². The summed E-state index contributed by atoms with van der Waals surface area (Å²) in [5, 5.41) is 16.1. The van der Waals surface area contributed by atoms with E-state index in [-0.39, 0.29) is 21.3 Å². The molecule has 0 saturated carbocycles. The van der Waals surface area contributed by atoms with Crippen LogP contribution in [-0.4, -0.2) is 23.2 Å². The number of anilines is 1. The number of thiazole rings is 1. The highest BCUT2D eigenvalue weighted by Crippen LogP contribution is 2.34. The predicted octanol–water partition coefficient (Wildman–Crippen LogP) is 4.66. The summed E-state index contributed by atoms with van der Waals surface area (Å²) >= 11 is 7.48. The number of aryl methyl sites for hydroxylation is 1. The van der Waals surface area contributed by atoms with Gasteiger partial charge in [0.1, 0.15) is 17.6 Å². The van der Waals surface area contributed by atoms with Crippen LogP contribution >= 0.6 is 22.9 Å². The third-order valence-corrected chi connectivity index (χ3v) is 6.78. The molecule has 1 N–H and O–H groups in total. The van der Waals surface area contributed by atoms with Crippen LogP contribution in [0, 0.1) is 11.3 Å². The first-order chi connectivity index (χ1) is 14.9. The average molecular weight is 472 g/mol. The molecule has 156 valence electrons. The summed E-state index contributed by atoms with van der Waals surface area (Å²) in [6.07, 6.45) is 3.15. The Bertz CT molecular complexity index is 1390. The van der Waals surface area contributed by atoms with Crippen molar-refractivity contribution in [2.45, 2.75) is 4.90 Å². The van der Waals surface area contributed by atoms with Gasteiger partial charge in [-0.25, -0.2) is 13.4 Å². The Labute approximate surface area is 187 Å². The van der Waals surface area contributed by atoms with Crippen LogP contribution in [0.25, 0.3) is 11.3 Å². The number of hydrogen-bond acceptors (Lipinski definition) is 7. The minimum Gasteiger partial charge on any atom is -0.456 e. The fraction of sp³-hybridized carbons (Fsp3) is 0.0500. The molecular formula is C20H14ClN5O3S2. The molecule has 0 bridgehead atoms. The lowest BCUT2D eigenvalue weighted by atomic mass is 10.1. The second kappa shape index (κ2) is 8.39. The number of nitrogens with zero attached hydrogens (tertiary/aromatic N) is 4. The van der Waals surface area contributed by atoms with Crippen molar-refractivity contribution in [2.75, 3.05) is 4.72 Å². The van der Waals surface area contributed by atoms with Crippen molar-refractivity contribution in [1.29, 1.82) is 5.26 Å². The van der Waals surface area contributed by atoms with Crippen LogP contribution < -0.4 is 9.46 Å². The molecule has 4 aromatic rings. The highest BCUT2D eigenvalue weighted by Gasteiger charge is 2.19. The van der Waals surface area contributed by atoms with Crippen molar-refractivity contribution in [3.05, 3.63) is 70.8 Å². The molecule has 2 heterocycles. The molecule has 2 aromatic carbocycles. The van der Waals surface area contributed by atoms with E-state index in [9.17, 15) is 13.7 Å². The van der Waals surface area contributed by atoms with Crippen molar-refractivity contribution >= 4 is 38.1 Å². The van der Waals surface area contributed by atoms with E-state index in [0.717, 1.165) is 17.0 Å². The fourth-order valence-electron chi connectivity index (χ4n) is 2.83. The number of rotatable bonds is 6. The average Bonchev–Trinajstić information content (AvgIpc) is 3.41. The van der Waals surface area contributed by atoms with E-state index >= 15 is 0 Å². The number of aromatic nitrogens is 3. The van der Waals surface area contributed by atoms with Crippen molar-refractivity contribution in [3.8, 4) is 28.8 Å². The Hall–Kier alpha value is -3.39. The first kappa shape index (κ1) is 20.9. The Morgan fingerprint density at radius 2 is 2.03 bits per heavy atom. The van der Waals surface area contributed by atoms with Crippen LogP contribution in [0.15, 0.2) is 65.1 Å². The first-order valence-electron chi connectivity index (χ1n) is 8.79. The molecule has 0 aliphatic carbocycles. The lowest BCUT2D eigenvalue weighted by Gasteiger charge is -2.12. The van der Waals surface area contributed by atoms with Gasteiger partial charge < -0.3 is 4.74 Å². The Morgan fingerprint density at radius 1 is 1.19 bits per heavy atom. The highest BCUT2D eigenvalue weighted by atomic mass is 35.5. The summed E-state index contributed by atoms with van der Waals surface area (Å²) in [5.41, 5.74) is 1.58. The van der Waals surface area contributed by atoms with Gasteiger partial charge in [0.05, 0.1) is 21.2 Å². The number of sulfonamides is 1. The molecule has 0 spiro atoms. The van der Waals surface area contributed by atoms with Gasteiger partial charge in [-0.2, -0.15) is 10.4 Å². The van der Waals surface area contributed by atoms with Crippen molar-refractivity contribution in [2.24, 2.45) is 7.05 Å². The van der Waals surface area contributed by atoms with Crippen LogP contribution in [0.3, 0.4) is 0 Å². The maximum absolute atomic E-state index is 12.6. The molecule has 11 heteroatoms. The van der Waals surface area contributed by atoms with Gasteiger partial charge in [0.15, 0.2) is 5.13 Å². The van der Waals surface area contributed by atoms with Gasteiger partial charge in [-0.05, 0) is 42.5 Å². The minimum atomic E-state index is -3.89. The van der Waals surface area contributed by atoms with Crippen LogP contribution in [0.4, 0.5) is 5.13 Å². The second-order valence-corrected chi connectivity index (χ2v) is 9.28. The van der Waals surface area contributed by atoms with Crippen LogP contribution in [0.5, 0.6) is 11.5 Å². The van der Waals surface area contributed by atoms with E-state index in [4.69, 9.17) is 16.3 Å². The van der Waals surface area contributed by atoms with E-state index in [2.05, 4.69) is 14.8 Å². The van der Waals surface area contributed by atoms with Crippen LogP contribution in [0.2, 0.25) is 5.02 Å². The van der Waals surface area contributed by atoms with Crippen LogP contribution in [0.1, 0.15) is 5.56 Å². The number of nitrogens with one attached hydrogen (secondary N) is 1. The molecule has 0 unspecified atom stereocenters. The molecule has 4 rings (SSSR count). The second-order valence-electron chi connectivity index (χ2n) is 6.30. The zero-order chi connectivity index (χ0) is 22.0. The number of nitriles is 1. The van der Waals surface area contributed by atoms with E-state index in [0.29, 0.717) is 16.3 Å². The minimum absolute atomic E-state index is 0.0686. The largest absolute Gasteiger partial charge is 0.456 e. The van der Waals surface area contributed by atoms with Crippen molar-refractivity contribution in [1.82, 2.24) is 14.8 Å². The summed E-state index contributed by atoms with van der Waals surface area (Å²) in [6.45, 7) is 0. The molecule has 8 nitrogen and oxygen atoms in total. The van der Waals surface area contributed by atoms with Crippen molar-refractivity contribution in [3.63, 3.8) is 0 Å². The maximum Gasteiger partial charge on any atom is 0.263 e. The monoisotopic (exact) mass is 471 g/mol. The standard InChI is InChI=1S/C20H14ClN5O3S2/c1-26-18(6-7-24-26)16-11-14(2-4-17(16)21)29-19-5-3-15(10-13(19)12-22)31(27,28)25-20-23-8-9-30-20/h2-11H,1H3,(H,23,25). The van der Waals surface area contributed by atoms with E-state index in [1.54, 1.807) is 41.5 Å². The zero-order valence-electron chi connectivity index (χ0n) is 16.0. The van der Waals surface area contributed by atoms with Gasteiger partial charge >= 0.3 is 0 Å². The molecule has 0 amide bonds. The molecule has 0 atom stereocenters. The topological polar surface area (TPSA) is 110 Å². The summed E-state index contributed by atoms with van der Waals surface area (Å²) in [6, 6.07) is 12.9. The van der Waals surface area contributed by atoms with E-state index < -0.39 is 10.0 Å². The summed E-state index contributed by atoms with van der Waals surface area (Å²) < 4.78 is 35.1. The summed E-state index contributed by atoms with van der Waals surface area (Å²) in [5.74, 6) is 0.655. The molecule has 31 heavy (non-hydrogen) atoms. The number of halogens is 1. The lowest BCUT2D eigenvalue weighted by molar-refractivity contribution is 0.480. The van der Waals surface area contributed by atoms with Gasteiger partial charge in [0, 0.05) is 30.4 Å². The molecule has 0 aliphatic heterocycles. The Balaban J connectivity index is 1.64. The summed E-state index contributed by atoms with van der Waals surface area (Å²) in [4.78, 5) is 3.84. The van der Waals surface area contributed by atoms with E-state index in [1.807, 2.05) is 12.1 Å². The Morgan fingerprint density at radius 3 is 2.71 bits per heavy atom. The van der Waals surface area contributed by atoms with E-state index in [1.165, 1.54) is 24.4 Å². The summed E-state index contributed by atoms with van der Waals surface area (Å²) in [7, 11) is -2.09. The SMILES string of the molecule is Cn1nccc1-c1cc(Oc2ccc(S(=O)(=O)Nc3nccs3)cc2C#N)ccc1Cl. The highest BCUT2D eigenvalue weighted by molar-refractivity contribution is 7.93. The quantitative estimate of drug-likeness (QED) is 0.438. The zero-order valence-corrected chi connectivity index (χ0v) is 18.4.